The predicted octanol–water partition coefficient (Wildman–Crippen LogP) is 4.14. The molecule has 4 heteroatoms. The zero-order valence-electron chi connectivity index (χ0n) is 8.31. The van der Waals surface area contributed by atoms with Gasteiger partial charge in [-0.2, -0.15) is 0 Å². The van der Waals surface area contributed by atoms with Crippen LogP contribution in [0.5, 0.6) is 0 Å². The van der Waals surface area contributed by atoms with Crippen LogP contribution >= 0.6 is 11.6 Å². The first-order chi connectivity index (χ1) is 7.36. The van der Waals surface area contributed by atoms with E-state index in [-0.39, 0.29) is 0 Å². The Morgan fingerprint density at radius 1 is 1.33 bits per heavy atom. The number of halogens is 1. The molecule has 0 N–H and O–H groups in total. The Labute approximate surface area is 94.0 Å². The Kier molecular flexibility index (Phi) is 5.38. The second-order valence-corrected chi connectivity index (χ2v) is 3.29. The molecule has 0 unspecified atom stereocenters. The maximum Gasteiger partial charge on any atom is 0.0474 e. The molecule has 0 fully saturated rings. The Hall–Kier alpha value is -1.44. The quantitative estimate of drug-likeness (QED) is 0.236. The molecule has 15 heavy (non-hydrogen) atoms. The lowest BCUT2D eigenvalue weighted by atomic mass is 10.1. The van der Waals surface area contributed by atoms with Crippen molar-refractivity contribution in [2.45, 2.75) is 12.3 Å². The molecule has 0 bridgehead atoms. The van der Waals surface area contributed by atoms with Crippen LogP contribution in [0.25, 0.3) is 16.5 Å². The average molecular weight is 222 g/mol. The van der Waals surface area contributed by atoms with Crippen LogP contribution in [0.2, 0.25) is 0 Å². The van der Waals surface area contributed by atoms with E-state index in [1.807, 2.05) is 36.4 Å². The lowest BCUT2D eigenvalue weighted by Crippen LogP contribution is -1.78. The normalized spacial score (nSPS) is 10.2. The van der Waals surface area contributed by atoms with Crippen LogP contribution in [0.1, 0.15) is 17.5 Å². The lowest BCUT2D eigenvalue weighted by Gasteiger charge is -1.96. The molecule has 0 aromatic heterocycles. The molecule has 0 heterocycles. The van der Waals surface area contributed by atoms with Crippen LogP contribution in [0, 0.1) is 0 Å². The molecule has 0 spiro atoms. The molecule has 78 valence electrons. The van der Waals surface area contributed by atoms with Crippen LogP contribution in [0.3, 0.4) is 0 Å². The summed E-state index contributed by atoms with van der Waals surface area (Å²) in [6, 6.07) is 8.03. The third-order valence-electron chi connectivity index (χ3n) is 1.90. The molecule has 0 saturated carbocycles. The second-order valence-electron chi connectivity index (χ2n) is 3.02. The molecule has 1 rings (SSSR count). The van der Waals surface area contributed by atoms with Crippen molar-refractivity contribution in [3.05, 3.63) is 51.9 Å². The van der Waals surface area contributed by atoms with Crippen LogP contribution in [0.4, 0.5) is 0 Å². The van der Waals surface area contributed by atoms with E-state index in [0.29, 0.717) is 12.4 Å². The van der Waals surface area contributed by atoms with Crippen molar-refractivity contribution in [2.75, 3.05) is 6.54 Å². The fourth-order valence-corrected chi connectivity index (χ4v) is 1.29. The number of nitrogens with zero attached hydrogens (tertiary/aromatic N) is 3. The fraction of sp³-hybridized carbons (Fsp3) is 0.273. The first-order valence-corrected chi connectivity index (χ1v) is 5.22. The van der Waals surface area contributed by atoms with Crippen molar-refractivity contribution in [1.82, 2.24) is 0 Å². The van der Waals surface area contributed by atoms with Gasteiger partial charge < -0.3 is 0 Å². The van der Waals surface area contributed by atoms with Gasteiger partial charge in [-0.05, 0) is 23.1 Å². The highest BCUT2D eigenvalue weighted by atomic mass is 35.5. The van der Waals surface area contributed by atoms with E-state index in [9.17, 15) is 0 Å². The van der Waals surface area contributed by atoms with Gasteiger partial charge in [0.05, 0.1) is 0 Å². The summed E-state index contributed by atoms with van der Waals surface area (Å²) in [6.07, 6.45) is 4.76. The zero-order chi connectivity index (χ0) is 10.9. The predicted molar refractivity (Wildman–Crippen MR) is 63.7 cm³/mol. The van der Waals surface area contributed by atoms with E-state index >= 15 is 0 Å². The number of benzene rings is 1. The van der Waals surface area contributed by atoms with Crippen LogP contribution in [-0.2, 0) is 5.88 Å². The molecule has 3 nitrogen and oxygen atoms in total. The van der Waals surface area contributed by atoms with Crippen molar-refractivity contribution < 1.29 is 0 Å². The molecule has 0 atom stereocenters. The Balaban J connectivity index is 2.46. The molecule has 0 aliphatic carbocycles. The lowest BCUT2D eigenvalue weighted by molar-refractivity contribution is 0.996. The molecule has 0 aliphatic heterocycles. The van der Waals surface area contributed by atoms with Gasteiger partial charge in [-0.1, -0.05) is 41.5 Å². The summed E-state index contributed by atoms with van der Waals surface area (Å²) in [4.78, 5) is 2.68. The molecular weight excluding hydrogens is 210 g/mol. The van der Waals surface area contributed by atoms with Gasteiger partial charge >= 0.3 is 0 Å². The van der Waals surface area contributed by atoms with E-state index in [0.717, 1.165) is 17.5 Å². The largest absolute Gasteiger partial charge is 0.122 e. The maximum atomic E-state index is 8.06. The third-order valence-corrected chi connectivity index (χ3v) is 2.21. The van der Waals surface area contributed by atoms with Gasteiger partial charge in [-0.15, -0.1) is 11.6 Å². The van der Waals surface area contributed by atoms with Crippen LogP contribution in [0.15, 0.2) is 35.5 Å². The molecule has 1 aromatic rings. The minimum atomic E-state index is 0.507. The van der Waals surface area contributed by atoms with Crippen LogP contribution < -0.4 is 0 Å². The molecule has 1 aromatic carbocycles. The van der Waals surface area contributed by atoms with E-state index < -0.39 is 0 Å². The average Bonchev–Trinajstić information content (AvgIpc) is 2.30. The standard InChI is InChI=1S/C11H12ClN3/c12-9-11-6-4-10(5-7-11)3-1-2-8-14-15-13/h1,3-7H,2,8-9H2. The summed E-state index contributed by atoms with van der Waals surface area (Å²) >= 11 is 5.68. The molecule has 0 saturated heterocycles. The van der Waals surface area contributed by atoms with Crippen molar-refractivity contribution in [1.29, 1.82) is 0 Å². The van der Waals surface area contributed by atoms with Gasteiger partial charge in [0.25, 0.3) is 0 Å². The Morgan fingerprint density at radius 3 is 2.67 bits per heavy atom. The van der Waals surface area contributed by atoms with E-state index in [1.165, 1.54) is 0 Å². The third kappa shape index (κ3) is 4.54. The van der Waals surface area contributed by atoms with E-state index in [2.05, 4.69) is 10.0 Å². The number of alkyl halides is 1. The van der Waals surface area contributed by atoms with Crippen molar-refractivity contribution >= 4 is 17.7 Å². The highest BCUT2D eigenvalue weighted by molar-refractivity contribution is 6.17. The monoisotopic (exact) mass is 221 g/mol. The topological polar surface area (TPSA) is 48.8 Å². The number of hydrogen-bond acceptors (Lipinski definition) is 1. The molecular formula is C11H12ClN3. The first-order valence-electron chi connectivity index (χ1n) is 4.69. The SMILES string of the molecule is [N-]=[N+]=NCCC=Cc1ccc(CCl)cc1. The molecule has 0 amide bonds. The zero-order valence-corrected chi connectivity index (χ0v) is 9.06. The van der Waals surface area contributed by atoms with Gasteiger partial charge in [0.2, 0.25) is 0 Å². The summed E-state index contributed by atoms with van der Waals surface area (Å²) in [7, 11) is 0. The van der Waals surface area contributed by atoms with Gasteiger partial charge in [-0.3, -0.25) is 0 Å². The number of rotatable bonds is 5. The summed E-state index contributed by atoms with van der Waals surface area (Å²) < 4.78 is 0. The van der Waals surface area contributed by atoms with Crippen molar-refractivity contribution in [3.8, 4) is 0 Å². The van der Waals surface area contributed by atoms with Crippen molar-refractivity contribution in [3.63, 3.8) is 0 Å². The van der Waals surface area contributed by atoms with Gasteiger partial charge in [0.15, 0.2) is 0 Å². The van der Waals surface area contributed by atoms with E-state index in [4.69, 9.17) is 17.1 Å². The highest BCUT2D eigenvalue weighted by Crippen LogP contribution is 2.08. The highest BCUT2D eigenvalue weighted by Gasteiger charge is 1.89. The summed E-state index contributed by atoms with van der Waals surface area (Å²) in [5.41, 5.74) is 10.3. The summed E-state index contributed by atoms with van der Waals surface area (Å²) in [5.74, 6) is 0.543. The van der Waals surface area contributed by atoms with Gasteiger partial charge in [-0.25, -0.2) is 0 Å². The first kappa shape index (κ1) is 11.6. The molecule has 0 radical (unpaired) electrons. The summed E-state index contributed by atoms with van der Waals surface area (Å²) in [6.45, 7) is 0.507. The summed E-state index contributed by atoms with van der Waals surface area (Å²) in [5, 5.41) is 3.44. The van der Waals surface area contributed by atoms with Crippen molar-refractivity contribution in [2.24, 2.45) is 5.11 Å². The minimum absolute atomic E-state index is 0.507. The van der Waals surface area contributed by atoms with Gasteiger partial charge in [0.1, 0.15) is 0 Å². The Morgan fingerprint density at radius 2 is 2.07 bits per heavy atom. The van der Waals surface area contributed by atoms with E-state index in [1.54, 1.807) is 0 Å². The number of azide groups is 1. The van der Waals surface area contributed by atoms with Crippen LogP contribution in [-0.4, -0.2) is 6.54 Å². The molecule has 0 aliphatic rings. The smallest absolute Gasteiger partial charge is 0.0474 e. The number of hydrogen-bond donors (Lipinski definition) is 0. The minimum Gasteiger partial charge on any atom is -0.122 e. The Bertz CT molecular complexity index is 364. The fourth-order valence-electron chi connectivity index (χ4n) is 1.11. The second kappa shape index (κ2) is 6.93. The van der Waals surface area contributed by atoms with Gasteiger partial charge in [0, 0.05) is 17.3 Å². The maximum absolute atomic E-state index is 8.06.